The molecule has 0 bridgehead atoms. The number of hydrogen-bond donors (Lipinski definition) is 0. The summed E-state index contributed by atoms with van der Waals surface area (Å²) in [4.78, 5) is 0.265. The van der Waals surface area contributed by atoms with Crippen LogP contribution in [0.15, 0.2) is 44.3 Å². The van der Waals surface area contributed by atoms with Crippen molar-refractivity contribution in [2.24, 2.45) is 7.05 Å². The van der Waals surface area contributed by atoms with E-state index in [1.807, 2.05) is 0 Å². The van der Waals surface area contributed by atoms with Crippen LogP contribution in [0.4, 0.5) is 0 Å². The zero-order valence-corrected chi connectivity index (χ0v) is 14.9. The minimum absolute atomic E-state index is 0.246. The zero-order valence-electron chi connectivity index (χ0n) is 10.9. The summed E-state index contributed by atoms with van der Waals surface area (Å²) in [6.07, 6.45) is 1.65. The van der Waals surface area contributed by atoms with Crippen LogP contribution in [0.1, 0.15) is 5.69 Å². The van der Waals surface area contributed by atoms with Crippen molar-refractivity contribution in [3.63, 3.8) is 0 Å². The lowest BCUT2D eigenvalue weighted by molar-refractivity contribution is 0.452. The van der Waals surface area contributed by atoms with Gasteiger partial charge < -0.3 is 0 Å². The Morgan fingerprint density at radius 1 is 1.25 bits per heavy atom. The number of sulfonamides is 1. The van der Waals surface area contributed by atoms with Gasteiger partial charge in [0.1, 0.15) is 0 Å². The predicted octanol–water partition coefficient (Wildman–Crippen LogP) is 2.77. The fraction of sp³-hybridized carbons (Fsp3) is 0.250. The van der Waals surface area contributed by atoms with Crippen molar-refractivity contribution in [3.05, 3.63) is 45.1 Å². The number of benzene rings is 1. The fourth-order valence-electron chi connectivity index (χ4n) is 1.70. The molecule has 0 amide bonds. The van der Waals surface area contributed by atoms with E-state index in [2.05, 4.69) is 37.0 Å². The molecule has 5 nitrogen and oxygen atoms in total. The highest BCUT2D eigenvalue weighted by molar-refractivity contribution is 9.10. The Labute approximate surface area is 134 Å². The van der Waals surface area contributed by atoms with E-state index >= 15 is 0 Å². The maximum Gasteiger partial charge on any atom is 0.243 e. The van der Waals surface area contributed by atoms with Crippen LogP contribution < -0.4 is 0 Å². The van der Waals surface area contributed by atoms with E-state index in [1.165, 1.54) is 4.31 Å². The van der Waals surface area contributed by atoms with Gasteiger partial charge in [0, 0.05) is 18.6 Å². The van der Waals surface area contributed by atoms with Crippen molar-refractivity contribution < 1.29 is 8.42 Å². The number of hydrogen-bond acceptors (Lipinski definition) is 3. The molecule has 0 atom stereocenters. The molecule has 108 valence electrons. The molecule has 0 fully saturated rings. The summed E-state index contributed by atoms with van der Waals surface area (Å²) in [5, 5.41) is 4.08. The Balaban J connectivity index is 2.28. The summed E-state index contributed by atoms with van der Waals surface area (Å²) in [5.41, 5.74) is 0.799. The van der Waals surface area contributed by atoms with Crippen molar-refractivity contribution in [1.82, 2.24) is 14.1 Å². The monoisotopic (exact) mass is 421 g/mol. The van der Waals surface area contributed by atoms with Gasteiger partial charge in [0.2, 0.25) is 10.0 Å². The van der Waals surface area contributed by atoms with Gasteiger partial charge in [0.25, 0.3) is 0 Å². The van der Waals surface area contributed by atoms with E-state index in [-0.39, 0.29) is 11.4 Å². The quantitative estimate of drug-likeness (QED) is 0.761. The molecule has 0 aliphatic carbocycles. The first-order chi connectivity index (χ1) is 9.32. The molecule has 0 spiro atoms. The molecule has 8 heteroatoms. The number of rotatable bonds is 4. The van der Waals surface area contributed by atoms with Gasteiger partial charge in [-0.2, -0.15) is 9.40 Å². The summed E-state index contributed by atoms with van der Waals surface area (Å²) in [5.74, 6) is 0. The van der Waals surface area contributed by atoms with Crippen LogP contribution >= 0.6 is 31.9 Å². The molecule has 1 aromatic heterocycles. The highest BCUT2D eigenvalue weighted by Gasteiger charge is 2.22. The number of aromatic nitrogens is 2. The van der Waals surface area contributed by atoms with Gasteiger partial charge in [0.15, 0.2) is 0 Å². The van der Waals surface area contributed by atoms with Crippen molar-refractivity contribution in [1.29, 1.82) is 0 Å². The minimum Gasteiger partial charge on any atom is -0.270 e. The summed E-state index contributed by atoms with van der Waals surface area (Å²) >= 11 is 6.66. The largest absolute Gasteiger partial charge is 0.270 e. The second-order valence-corrected chi connectivity index (χ2v) is 8.09. The van der Waals surface area contributed by atoms with Gasteiger partial charge in [0.05, 0.1) is 27.8 Å². The molecule has 0 saturated heterocycles. The lowest BCUT2D eigenvalue weighted by atomic mass is 10.4. The number of aryl methyl sites for hydroxylation is 1. The third kappa shape index (κ3) is 3.13. The topological polar surface area (TPSA) is 55.2 Å². The van der Waals surface area contributed by atoms with Crippen LogP contribution in [0, 0.1) is 0 Å². The third-order valence-electron chi connectivity index (χ3n) is 2.90. The molecular formula is C12H13Br2N3O2S. The van der Waals surface area contributed by atoms with Gasteiger partial charge in [-0.05, 0) is 40.2 Å². The summed E-state index contributed by atoms with van der Waals surface area (Å²) in [6.45, 7) is 0.246. The van der Waals surface area contributed by atoms with Crippen molar-refractivity contribution in [2.75, 3.05) is 7.05 Å². The van der Waals surface area contributed by atoms with Crippen molar-refractivity contribution in [3.8, 4) is 0 Å². The molecule has 2 rings (SSSR count). The average molecular weight is 423 g/mol. The Morgan fingerprint density at radius 3 is 2.35 bits per heavy atom. The Morgan fingerprint density at radius 2 is 1.85 bits per heavy atom. The van der Waals surface area contributed by atoms with Gasteiger partial charge in [-0.1, -0.05) is 15.9 Å². The molecule has 0 aliphatic rings. The van der Waals surface area contributed by atoms with Crippen LogP contribution in [0.3, 0.4) is 0 Å². The fourth-order valence-corrected chi connectivity index (χ4v) is 3.57. The SMILES string of the molecule is CN(Cc1c(Br)cnn1C)S(=O)(=O)c1ccc(Br)cc1. The van der Waals surface area contributed by atoms with Crippen LogP contribution in [-0.2, 0) is 23.6 Å². The Hall–Kier alpha value is -0.700. The third-order valence-corrected chi connectivity index (χ3v) is 5.91. The number of halogens is 2. The molecule has 1 aromatic carbocycles. The summed E-state index contributed by atoms with van der Waals surface area (Å²) < 4.78 is 29.5. The van der Waals surface area contributed by atoms with Crippen LogP contribution in [0.5, 0.6) is 0 Å². The van der Waals surface area contributed by atoms with E-state index in [4.69, 9.17) is 0 Å². The molecule has 1 heterocycles. The molecule has 2 aromatic rings. The molecule has 0 saturated carbocycles. The lowest BCUT2D eigenvalue weighted by Crippen LogP contribution is -2.27. The highest BCUT2D eigenvalue weighted by atomic mass is 79.9. The van der Waals surface area contributed by atoms with Gasteiger partial charge >= 0.3 is 0 Å². The number of nitrogens with zero attached hydrogens (tertiary/aromatic N) is 3. The van der Waals surface area contributed by atoms with E-state index in [0.717, 1.165) is 14.6 Å². The second kappa shape index (κ2) is 5.97. The standard InChI is InChI=1S/C12H13Br2N3O2S/c1-16(8-12-11(14)7-15-17(12)2)20(18,19)10-5-3-9(13)4-6-10/h3-7H,8H2,1-2H3. The maximum absolute atomic E-state index is 12.5. The Kier molecular flexibility index (Phi) is 4.68. The van der Waals surface area contributed by atoms with E-state index in [9.17, 15) is 8.42 Å². The first kappa shape index (κ1) is 15.7. The Bertz CT molecular complexity index is 691. The molecule has 0 N–H and O–H groups in total. The lowest BCUT2D eigenvalue weighted by Gasteiger charge is -2.17. The first-order valence-corrected chi connectivity index (χ1v) is 8.73. The van der Waals surface area contributed by atoms with E-state index in [0.29, 0.717) is 0 Å². The van der Waals surface area contributed by atoms with E-state index < -0.39 is 10.0 Å². The van der Waals surface area contributed by atoms with Crippen LogP contribution in [0.25, 0.3) is 0 Å². The normalized spacial score (nSPS) is 12.1. The summed E-state index contributed by atoms with van der Waals surface area (Å²) in [7, 11) is -0.184. The highest BCUT2D eigenvalue weighted by Crippen LogP contribution is 2.22. The smallest absolute Gasteiger partial charge is 0.243 e. The molecule has 20 heavy (non-hydrogen) atoms. The summed E-state index contributed by atoms with van der Waals surface area (Å²) in [6, 6.07) is 6.57. The van der Waals surface area contributed by atoms with Crippen molar-refractivity contribution in [2.45, 2.75) is 11.4 Å². The van der Waals surface area contributed by atoms with Crippen molar-refractivity contribution >= 4 is 41.9 Å². The predicted molar refractivity (Wildman–Crippen MR) is 83.7 cm³/mol. The molecule has 0 radical (unpaired) electrons. The van der Waals surface area contributed by atoms with Crippen LogP contribution in [-0.4, -0.2) is 29.6 Å². The van der Waals surface area contributed by atoms with E-state index in [1.54, 1.807) is 49.2 Å². The van der Waals surface area contributed by atoms with Gasteiger partial charge in [-0.15, -0.1) is 0 Å². The first-order valence-electron chi connectivity index (χ1n) is 5.70. The van der Waals surface area contributed by atoms with Crippen LogP contribution in [0.2, 0.25) is 0 Å². The van der Waals surface area contributed by atoms with Gasteiger partial charge in [-0.3, -0.25) is 4.68 Å². The van der Waals surface area contributed by atoms with Gasteiger partial charge in [-0.25, -0.2) is 8.42 Å². The molecular weight excluding hydrogens is 410 g/mol. The average Bonchev–Trinajstić information content (AvgIpc) is 2.71. The zero-order chi connectivity index (χ0) is 14.9. The molecule has 0 aliphatic heterocycles. The maximum atomic E-state index is 12.5. The minimum atomic E-state index is -3.51. The molecule has 0 unspecified atom stereocenters. The second-order valence-electron chi connectivity index (χ2n) is 4.28.